The van der Waals surface area contributed by atoms with Gasteiger partial charge in [0.05, 0.1) is 17.3 Å². The van der Waals surface area contributed by atoms with Crippen LogP contribution in [-0.4, -0.2) is 20.3 Å². The molecular weight excluding hydrogens is 328 g/mol. The molecule has 0 saturated carbocycles. The monoisotopic (exact) mass is 352 g/mol. The molecule has 0 bridgehead atoms. The highest BCUT2D eigenvalue weighted by Gasteiger charge is 2.21. The summed E-state index contributed by atoms with van der Waals surface area (Å²) in [5.41, 5.74) is 3.57. The molecule has 1 N–H and O–H groups in total. The summed E-state index contributed by atoms with van der Waals surface area (Å²) in [6.07, 6.45) is 0. The third-order valence-electron chi connectivity index (χ3n) is 4.90. The van der Waals surface area contributed by atoms with Crippen LogP contribution >= 0.6 is 0 Å². The fourth-order valence-electron chi connectivity index (χ4n) is 3.58. The molecule has 0 aliphatic carbocycles. The molecule has 3 aromatic rings. The molecule has 1 aromatic carbocycles. The summed E-state index contributed by atoms with van der Waals surface area (Å²) in [5, 5.41) is 8.32. The van der Waals surface area contributed by atoms with Gasteiger partial charge in [-0.3, -0.25) is 14.3 Å². The van der Waals surface area contributed by atoms with E-state index in [-0.39, 0.29) is 23.1 Å². The summed E-state index contributed by atoms with van der Waals surface area (Å²) < 4.78 is 3.43. The van der Waals surface area contributed by atoms with Gasteiger partial charge in [0.1, 0.15) is 5.56 Å². The van der Waals surface area contributed by atoms with Crippen LogP contribution in [0, 0.1) is 13.8 Å². The topological polar surface area (TPSA) is 68.9 Å². The predicted octanol–water partition coefficient (Wildman–Crippen LogP) is 2.86. The Bertz CT molecular complexity index is 1050. The molecule has 2 aromatic heterocycles. The highest BCUT2D eigenvalue weighted by atomic mass is 16.2. The lowest BCUT2D eigenvalue weighted by Gasteiger charge is -2.16. The second-order valence-corrected chi connectivity index (χ2v) is 6.58. The molecule has 26 heavy (non-hydrogen) atoms. The molecule has 3 rings (SSSR count). The first-order valence-corrected chi connectivity index (χ1v) is 8.78. The minimum atomic E-state index is -0.369. The molecule has 0 aliphatic rings. The number of rotatable bonds is 4. The molecule has 0 saturated heterocycles. The van der Waals surface area contributed by atoms with E-state index in [1.165, 1.54) is 4.57 Å². The average molecular weight is 352 g/mol. The van der Waals surface area contributed by atoms with E-state index in [0.29, 0.717) is 0 Å². The average Bonchev–Trinajstić information content (AvgIpc) is 2.91. The number of hydrogen-bond donors (Lipinski definition) is 1. The minimum Gasteiger partial charge on any atom is -0.345 e. The summed E-state index contributed by atoms with van der Waals surface area (Å²) in [6, 6.07) is 8.96. The third-order valence-corrected chi connectivity index (χ3v) is 4.90. The van der Waals surface area contributed by atoms with Gasteiger partial charge in [0, 0.05) is 24.8 Å². The Morgan fingerprint density at radius 1 is 1.27 bits per heavy atom. The Hall–Kier alpha value is -2.89. The second kappa shape index (κ2) is 6.78. The summed E-state index contributed by atoms with van der Waals surface area (Å²) in [7, 11) is 1.68. The van der Waals surface area contributed by atoms with Gasteiger partial charge in [-0.15, -0.1) is 0 Å². The minimum absolute atomic E-state index is 0.149. The normalized spacial score (nSPS) is 12.3. The van der Waals surface area contributed by atoms with Crippen LogP contribution in [0.2, 0.25) is 0 Å². The molecule has 1 amide bonds. The molecule has 0 aliphatic heterocycles. The number of nitrogens with one attached hydrogen (secondary N) is 1. The number of para-hydroxylation sites is 1. The van der Waals surface area contributed by atoms with Crippen molar-refractivity contribution in [2.45, 2.75) is 40.3 Å². The van der Waals surface area contributed by atoms with Crippen molar-refractivity contribution in [3.05, 3.63) is 63.2 Å². The number of carbonyl (C=O) groups excluding carboxylic acids is 1. The number of nitrogens with zero attached hydrogens (tertiary/aromatic N) is 3. The summed E-state index contributed by atoms with van der Waals surface area (Å²) in [6.45, 7) is 8.66. The van der Waals surface area contributed by atoms with Crippen molar-refractivity contribution < 1.29 is 4.79 Å². The number of fused-ring (bicyclic) bond motifs is 1. The molecule has 1 unspecified atom stereocenters. The number of amides is 1. The van der Waals surface area contributed by atoms with Gasteiger partial charge in [-0.1, -0.05) is 18.2 Å². The van der Waals surface area contributed by atoms with E-state index in [1.807, 2.05) is 56.6 Å². The van der Waals surface area contributed by atoms with Crippen molar-refractivity contribution in [3.8, 4) is 0 Å². The molecule has 0 spiro atoms. The zero-order valence-electron chi connectivity index (χ0n) is 15.8. The smallest absolute Gasteiger partial charge is 0.263 e. The quantitative estimate of drug-likeness (QED) is 0.785. The van der Waals surface area contributed by atoms with Crippen LogP contribution in [0.5, 0.6) is 0 Å². The molecule has 0 radical (unpaired) electrons. The van der Waals surface area contributed by atoms with Gasteiger partial charge in [0.2, 0.25) is 0 Å². The molecule has 6 heteroatoms. The molecule has 0 fully saturated rings. The number of aromatic nitrogens is 3. The predicted molar refractivity (Wildman–Crippen MR) is 102 cm³/mol. The van der Waals surface area contributed by atoms with Crippen molar-refractivity contribution in [1.82, 2.24) is 19.7 Å². The van der Waals surface area contributed by atoms with Crippen LogP contribution in [0.15, 0.2) is 35.1 Å². The summed E-state index contributed by atoms with van der Waals surface area (Å²) in [4.78, 5) is 25.4. The van der Waals surface area contributed by atoms with Gasteiger partial charge >= 0.3 is 0 Å². The highest BCUT2D eigenvalue weighted by molar-refractivity contribution is 5.97. The Labute approximate surface area is 152 Å². The first kappa shape index (κ1) is 17.9. The fraction of sp³-hybridized carbons (Fsp3) is 0.350. The van der Waals surface area contributed by atoms with Gasteiger partial charge in [-0.2, -0.15) is 5.10 Å². The zero-order chi connectivity index (χ0) is 19.0. The molecule has 136 valence electrons. The van der Waals surface area contributed by atoms with Crippen molar-refractivity contribution in [3.63, 3.8) is 0 Å². The van der Waals surface area contributed by atoms with Crippen molar-refractivity contribution in [1.29, 1.82) is 0 Å². The largest absolute Gasteiger partial charge is 0.345 e. The number of pyridine rings is 1. The number of aryl methyl sites for hydroxylation is 3. The van der Waals surface area contributed by atoms with E-state index in [2.05, 4.69) is 10.4 Å². The Morgan fingerprint density at radius 2 is 1.96 bits per heavy atom. The van der Waals surface area contributed by atoms with Gasteiger partial charge in [-0.25, -0.2) is 0 Å². The first-order chi connectivity index (χ1) is 12.3. The highest BCUT2D eigenvalue weighted by Crippen LogP contribution is 2.22. The first-order valence-electron chi connectivity index (χ1n) is 8.78. The van der Waals surface area contributed by atoms with E-state index >= 15 is 0 Å². The van der Waals surface area contributed by atoms with Gasteiger partial charge < -0.3 is 9.88 Å². The number of carbonyl (C=O) groups is 1. The van der Waals surface area contributed by atoms with Gasteiger partial charge in [0.25, 0.3) is 11.5 Å². The molecular formula is C20H24N4O2. The molecule has 6 nitrogen and oxygen atoms in total. The molecule has 1 atom stereocenters. The maximum Gasteiger partial charge on any atom is 0.263 e. The van der Waals surface area contributed by atoms with Gasteiger partial charge in [-0.05, 0) is 45.2 Å². The Morgan fingerprint density at radius 3 is 2.62 bits per heavy atom. The van der Waals surface area contributed by atoms with Crippen LogP contribution in [0.4, 0.5) is 0 Å². The van der Waals surface area contributed by atoms with E-state index in [9.17, 15) is 9.59 Å². The SMILES string of the molecule is CCn1nc(C)c(C(C)NC(=O)c2cc3ccccc3n(C)c2=O)c1C. The maximum absolute atomic E-state index is 12.8. The van der Waals surface area contributed by atoms with E-state index in [0.717, 1.165) is 34.4 Å². The lowest BCUT2D eigenvalue weighted by Crippen LogP contribution is -2.34. The van der Waals surface area contributed by atoms with Crippen LogP contribution in [-0.2, 0) is 13.6 Å². The van der Waals surface area contributed by atoms with Crippen molar-refractivity contribution >= 4 is 16.8 Å². The summed E-state index contributed by atoms with van der Waals surface area (Å²) >= 11 is 0. The number of hydrogen-bond acceptors (Lipinski definition) is 3. The van der Waals surface area contributed by atoms with E-state index < -0.39 is 0 Å². The van der Waals surface area contributed by atoms with Crippen LogP contribution in [0.25, 0.3) is 10.9 Å². The van der Waals surface area contributed by atoms with E-state index in [1.54, 1.807) is 13.1 Å². The molecule has 2 heterocycles. The van der Waals surface area contributed by atoms with Crippen LogP contribution < -0.4 is 10.9 Å². The fourth-order valence-corrected chi connectivity index (χ4v) is 3.58. The lowest BCUT2D eigenvalue weighted by atomic mass is 10.1. The van der Waals surface area contributed by atoms with Crippen LogP contribution in [0.3, 0.4) is 0 Å². The van der Waals surface area contributed by atoms with Crippen LogP contribution in [0.1, 0.15) is 47.2 Å². The number of benzene rings is 1. The van der Waals surface area contributed by atoms with Gasteiger partial charge in [0.15, 0.2) is 0 Å². The Kier molecular flexibility index (Phi) is 4.68. The van der Waals surface area contributed by atoms with E-state index in [4.69, 9.17) is 0 Å². The van der Waals surface area contributed by atoms with Crippen molar-refractivity contribution in [2.75, 3.05) is 0 Å². The maximum atomic E-state index is 12.8. The summed E-state index contributed by atoms with van der Waals surface area (Å²) in [5.74, 6) is -0.369. The lowest BCUT2D eigenvalue weighted by molar-refractivity contribution is 0.0938. The standard InChI is InChI=1S/C20H24N4O2/c1-6-24-14(4)18(13(3)22-24)12(2)21-19(25)16-11-15-9-7-8-10-17(15)23(5)20(16)26/h7-12H,6H2,1-5H3,(H,21,25). The zero-order valence-corrected chi connectivity index (χ0v) is 15.8. The second-order valence-electron chi connectivity index (χ2n) is 6.58. The third kappa shape index (κ3) is 2.92. The Balaban J connectivity index is 1.96. The van der Waals surface area contributed by atoms with Crippen molar-refractivity contribution in [2.24, 2.45) is 7.05 Å².